The Morgan fingerprint density at radius 3 is 2.28 bits per heavy atom. The number of nitrogens with two attached hydrogens (primary N) is 1. The van der Waals surface area contributed by atoms with Gasteiger partial charge in [-0.15, -0.1) is 0 Å². The van der Waals surface area contributed by atoms with E-state index in [1.54, 1.807) is 27.7 Å². The first-order valence-corrected chi connectivity index (χ1v) is 12.7. The van der Waals surface area contributed by atoms with Crippen molar-refractivity contribution in [2.24, 2.45) is 5.73 Å². The molecule has 0 aliphatic heterocycles. The van der Waals surface area contributed by atoms with Crippen molar-refractivity contribution in [3.63, 3.8) is 0 Å². The summed E-state index contributed by atoms with van der Waals surface area (Å²) in [5.41, 5.74) is 7.17. The highest BCUT2D eigenvalue weighted by Crippen LogP contribution is 2.27. The lowest BCUT2D eigenvalue weighted by atomic mass is 9.96. The van der Waals surface area contributed by atoms with Gasteiger partial charge in [-0.1, -0.05) is 43.5 Å². The second-order valence-corrected chi connectivity index (χ2v) is 10.1. The fourth-order valence-corrected chi connectivity index (χ4v) is 3.93. The third kappa shape index (κ3) is 10.3. The summed E-state index contributed by atoms with van der Waals surface area (Å²) in [4.78, 5) is 52.7. The van der Waals surface area contributed by atoms with Gasteiger partial charge in [-0.25, -0.2) is 4.79 Å². The molecule has 0 aliphatic carbocycles. The van der Waals surface area contributed by atoms with Crippen LogP contribution in [-0.2, 0) is 19.1 Å². The fourth-order valence-electron chi connectivity index (χ4n) is 3.93. The Labute approximate surface area is 215 Å². The summed E-state index contributed by atoms with van der Waals surface area (Å²) in [6, 6.07) is 3.74. The summed E-state index contributed by atoms with van der Waals surface area (Å²) in [7, 11) is 0. The molecule has 0 aliphatic rings. The van der Waals surface area contributed by atoms with E-state index >= 15 is 0 Å². The number of ether oxygens (including phenoxy) is 1. The third-order valence-corrected chi connectivity index (χ3v) is 5.65. The van der Waals surface area contributed by atoms with Crippen LogP contribution in [0.2, 0.25) is 0 Å². The molecule has 1 aromatic carbocycles. The second-order valence-electron chi connectivity index (χ2n) is 10.1. The molecular weight excluding hydrogens is 460 g/mol. The number of likely N-dealkylation sites (N-methyl/N-ethyl adjacent to an activating group) is 1. The van der Waals surface area contributed by atoms with E-state index in [4.69, 9.17) is 10.5 Å². The Morgan fingerprint density at radius 1 is 1.08 bits per heavy atom. The van der Waals surface area contributed by atoms with Crippen LogP contribution in [0.1, 0.15) is 89.5 Å². The van der Waals surface area contributed by atoms with Crippen LogP contribution < -0.4 is 16.4 Å². The van der Waals surface area contributed by atoms with E-state index in [-0.39, 0.29) is 25.3 Å². The zero-order valence-electron chi connectivity index (χ0n) is 22.9. The van der Waals surface area contributed by atoms with Crippen LogP contribution in [0, 0.1) is 13.8 Å². The smallest absolute Gasteiger partial charge is 0.408 e. The lowest BCUT2D eigenvalue weighted by molar-refractivity contribution is -0.142. The minimum atomic E-state index is -1.09. The quantitative estimate of drug-likeness (QED) is 0.353. The van der Waals surface area contributed by atoms with Gasteiger partial charge in [0.15, 0.2) is 0 Å². The first kappa shape index (κ1) is 30.9. The van der Waals surface area contributed by atoms with Crippen LogP contribution in [0.5, 0.6) is 0 Å². The van der Waals surface area contributed by atoms with Gasteiger partial charge in [-0.3, -0.25) is 14.4 Å². The van der Waals surface area contributed by atoms with Crippen LogP contribution in [0.4, 0.5) is 4.79 Å². The molecular formula is C27H44N4O5. The normalized spacial score (nSPS) is 12.9. The van der Waals surface area contributed by atoms with Crippen molar-refractivity contribution in [3.8, 4) is 0 Å². The molecule has 4 N–H and O–H groups in total. The molecule has 2 unspecified atom stereocenters. The first-order valence-electron chi connectivity index (χ1n) is 12.7. The molecule has 1 aromatic rings. The predicted molar refractivity (Wildman–Crippen MR) is 140 cm³/mol. The highest BCUT2D eigenvalue weighted by molar-refractivity contribution is 5.92. The van der Waals surface area contributed by atoms with Crippen LogP contribution in [0.15, 0.2) is 18.2 Å². The number of nitrogens with zero attached hydrogens (tertiary/aromatic N) is 1. The molecule has 0 bridgehead atoms. The van der Waals surface area contributed by atoms with Crippen molar-refractivity contribution in [1.82, 2.24) is 15.5 Å². The zero-order valence-corrected chi connectivity index (χ0v) is 22.9. The molecule has 4 amide bonds. The van der Waals surface area contributed by atoms with E-state index in [0.29, 0.717) is 12.1 Å². The maximum atomic E-state index is 13.8. The van der Waals surface area contributed by atoms with Gasteiger partial charge in [0.2, 0.25) is 17.7 Å². The van der Waals surface area contributed by atoms with E-state index in [1.165, 1.54) is 4.90 Å². The van der Waals surface area contributed by atoms with Gasteiger partial charge in [0, 0.05) is 19.5 Å². The molecule has 0 fully saturated rings. The minimum Gasteiger partial charge on any atom is -0.444 e. The highest BCUT2D eigenvalue weighted by Gasteiger charge is 2.36. The maximum Gasteiger partial charge on any atom is 0.408 e. The van der Waals surface area contributed by atoms with E-state index in [0.717, 1.165) is 30.4 Å². The number of primary amides is 1. The molecule has 36 heavy (non-hydrogen) atoms. The Kier molecular flexibility index (Phi) is 12.4. The van der Waals surface area contributed by atoms with Crippen LogP contribution in [0.3, 0.4) is 0 Å². The number of carbonyl (C=O) groups is 4. The number of alkyl carbamates (subject to hydrolysis) is 1. The maximum absolute atomic E-state index is 13.8. The van der Waals surface area contributed by atoms with Gasteiger partial charge in [-0.2, -0.15) is 0 Å². The minimum absolute atomic E-state index is 0.0123. The van der Waals surface area contributed by atoms with Gasteiger partial charge in [0.1, 0.15) is 17.7 Å². The van der Waals surface area contributed by atoms with Gasteiger partial charge < -0.3 is 26.0 Å². The number of rotatable bonds is 13. The van der Waals surface area contributed by atoms with Gasteiger partial charge in [-0.05, 0) is 65.5 Å². The molecule has 9 heteroatoms. The van der Waals surface area contributed by atoms with E-state index in [2.05, 4.69) is 17.6 Å². The van der Waals surface area contributed by atoms with E-state index in [9.17, 15) is 19.2 Å². The van der Waals surface area contributed by atoms with Crippen molar-refractivity contribution >= 4 is 23.8 Å². The molecule has 1 rings (SSSR count). The monoisotopic (exact) mass is 504 g/mol. The third-order valence-electron chi connectivity index (χ3n) is 5.65. The SMILES string of the molecule is CCCCCNC(=O)C(c1ccc(C)cc1C)N(CC)C(=O)C(CCC(N)=O)NC(=O)OC(C)(C)C. The fraction of sp³-hybridized carbons (Fsp3) is 0.630. The molecule has 0 aromatic heterocycles. The standard InChI is InChI=1S/C27H44N4O5/c1-8-10-11-16-29-24(33)23(20-13-12-18(3)17-19(20)4)31(9-2)25(34)21(14-15-22(28)32)30-26(35)36-27(5,6)7/h12-13,17,21,23H,8-11,14-16H2,1-7H3,(H2,28,32)(H,29,33)(H,30,35). The topological polar surface area (TPSA) is 131 Å². The summed E-state index contributed by atoms with van der Waals surface area (Å²) < 4.78 is 5.32. The van der Waals surface area contributed by atoms with E-state index < -0.39 is 35.6 Å². The highest BCUT2D eigenvalue weighted by atomic mass is 16.6. The molecule has 0 radical (unpaired) electrons. The van der Waals surface area contributed by atoms with Gasteiger partial charge >= 0.3 is 6.09 Å². The van der Waals surface area contributed by atoms with E-state index in [1.807, 2.05) is 32.0 Å². The largest absolute Gasteiger partial charge is 0.444 e. The lowest BCUT2D eigenvalue weighted by Gasteiger charge is -2.34. The van der Waals surface area contributed by atoms with Crippen molar-refractivity contribution in [3.05, 3.63) is 34.9 Å². The van der Waals surface area contributed by atoms with Crippen molar-refractivity contribution < 1.29 is 23.9 Å². The summed E-state index contributed by atoms with van der Waals surface area (Å²) in [6.45, 7) is 13.6. The molecule has 202 valence electrons. The van der Waals surface area contributed by atoms with Crippen molar-refractivity contribution in [2.45, 2.75) is 98.3 Å². The molecule has 0 saturated heterocycles. The summed E-state index contributed by atoms with van der Waals surface area (Å²) in [6.07, 6.45) is 1.94. The number of hydrogen-bond donors (Lipinski definition) is 3. The number of nitrogens with one attached hydrogen (secondary N) is 2. The molecule has 0 spiro atoms. The number of amides is 4. The number of unbranched alkanes of at least 4 members (excludes halogenated alkanes) is 2. The lowest BCUT2D eigenvalue weighted by Crippen LogP contribution is -2.53. The van der Waals surface area contributed by atoms with Crippen molar-refractivity contribution in [2.75, 3.05) is 13.1 Å². The predicted octanol–water partition coefficient (Wildman–Crippen LogP) is 3.66. The molecule has 0 saturated carbocycles. The number of aryl methyl sites for hydroxylation is 2. The Morgan fingerprint density at radius 2 is 1.75 bits per heavy atom. The van der Waals surface area contributed by atoms with Crippen LogP contribution in [-0.4, -0.2) is 53.4 Å². The average molecular weight is 505 g/mol. The Balaban J connectivity index is 3.36. The Bertz CT molecular complexity index is 910. The van der Waals surface area contributed by atoms with Crippen LogP contribution in [0.25, 0.3) is 0 Å². The summed E-state index contributed by atoms with van der Waals surface area (Å²) in [5.74, 6) is -1.38. The van der Waals surface area contributed by atoms with Gasteiger partial charge in [0.05, 0.1) is 0 Å². The van der Waals surface area contributed by atoms with Gasteiger partial charge in [0.25, 0.3) is 0 Å². The second kappa shape index (κ2) is 14.5. The molecule has 9 nitrogen and oxygen atoms in total. The zero-order chi connectivity index (χ0) is 27.5. The molecule has 2 atom stereocenters. The first-order chi connectivity index (χ1) is 16.8. The number of carbonyl (C=O) groups excluding carboxylic acids is 4. The van der Waals surface area contributed by atoms with Crippen molar-refractivity contribution in [1.29, 1.82) is 0 Å². The number of benzene rings is 1. The Hall–Kier alpha value is -3.10. The molecule has 0 heterocycles. The average Bonchev–Trinajstić information content (AvgIpc) is 2.76. The summed E-state index contributed by atoms with van der Waals surface area (Å²) >= 11 is 0. The number of hydrogen-bond acceptors (Lipinski definition) is 5. The summed E-state index contributed by atoms with van der Waals surface area (Å²) in [5, 5.41) is 5.55. The van der Waals surface area contributed by atoms with Crippen LogP contribution >= 0.6 is 0 Å².